The molecule has 0 saturated carbocycles. The number of carbonyl (C=O) groups is 3. The van der Waals surface area contributed by atoms with Crippen LogP contribution >= 0.6 is 0 Å². The van der Waals surface area contributed by atoms with Gasteiger partial charge in [0, 0.05) is 11.3 Å². The standard InChI is InChI=1S/C30H27NO6/c1-2-18-5-9-20(10-6-18)27-26(28(34)22-11-14-24-21(17-22)4-3-15-37-24)29(35)30(36)31(27)23-12-7-19(8-13-23)16-25(32)33/h5-14,17,27,34H,2-4,15-16H2,1H3,(H,32,33)/b28-26-. The number of aliphatic carboxylic acids is 1. The number of anilines is 1. The lowest BCUT2D eigenvalue weighted by molar-refractivity contribution is -0.136. The van der Waals surface area contributed by atoms with Crippen LogP contribution in [0.1, 0.15) is 47.2 Å². The van der Waals surface area contributed by atoms with Crippen LogP contribution in [-0.4, -0.2) is 34.5 Å². The molecule has 3 aromatic carbocycles. The minimum atomic E-state index is -0.959. The molecule has 1 atom stereocenters. The monoisotopic (exact) mass is 497 g/mol. The summed E-state index contributed by atoms with van der Waals surface area (Å²) in [6.07, 6.45) is 2.35. The van der Waals surface area contributed by atoms with Gasteiger partial charge in [0.1, 0.15) is 11.5 Å². The molecule has 2 N–H and O–H groups in total. The summed E-state index contributed by atoms with van der Waals surface area (Å²) in [6.45, 7) is 2.68. The Bertz CT molecular complexity index is 1400. The van der Waals surface area contributed by atoms with E-state index in [4.69, 9.17) is 9.84 Å². The van der Waals surface area contributed by atoms with Gasteiger partial charge in [0.15, 0.2) is 0 Å². The molecule has 1 unspecified atom stereocenters. The van der Waals surface area contributed by atoms with E-state index in [9.17, 15) is 19.5 Å². The van der Waals surface area contributed by atoms with Crippen LogP contribution in [0.3, 0.4) is 0 Å². The summed E-state index contributed by atoms with van der Waals surface area (Å²) in [5.41, 5.74) is 4.23. The number of Topliss-reactive ketones (excluding diaryl/α,β-unsaturated/α-hetero) is 1. The molecule has 188 valence electrons. The lowest BCUT2D eigenvalue weighted by Gasteiger charge is -2.26. The fourth-order valence-corrected chi connectivity index (χ4v) is 4.96. The molecule has 2 aliphatic heterocycles. The highest BCUT2D eigenvalue weighted by atomic mass is 16.5. The Labute approximate surface area is 214 Å². The predicted octanol–water partition coefficient (Wildman–Crippen LogP) is 4.83. The van der Waals surface area contributed by atoms with E-state index in [1.807, 2.05) is 37.3 Å². The maximum Gasteiger partial charge on any atom is 0.307 e. The molecule has 5 rings (SSSR count). The first-order valence-corrected chi connectivity index (χ1v) is 12.3. The SMILES string of the molecule is CCc1ccc(C2/C(=C(/O)c3ccc4c(c3)CCCO4)C(=O)C(=O)N2c2ccc(CC(=O)O)cc2)cc1. The van der Waals surface area contributed by atoms with Crippen LogP contribution in [-0.2, 0) is 33.6 Å². The van der Waals surface area contributed by atoms with Crippen LogP contribution in [0.2, 0.25) is 0 Å². The fourth-order valence-electron chi connectivity index (χ4n) is 4.96. The zero-order valence-corrected chi connectivity index (χ0v) is 20.4. The highest BCUT2D eigenvalue weighted by Crippen LogP contribution is 2.42. The quantitative estimate of drug-likeness (QED) is 0.287. The van der Waals surface area contributed by atoms with Crippen molar-refractivity contribution in [1.82, 2.24) is 0 Å². The molecule has 37 heavy (non-hydrogen) atoms. The van der Waals surface area contributed by atoms with Gasteiger partial charge in [0.25, 0.3) is 11.7 Å². The number of carboxylic acid groups (broad SMARTS) is 1. The van der Waals surface area contributed by atoms with Crippen molar-refractivity contribution in [3.63, 3.8) is 0 Å². The van der Waals surface area contributed by atoms with Crippen LogP contribution in [0.25, 0.3) is 5.76 Å². The van der Waals surface area contributed by atoms with Crippen molar-refractivity contribution < 1.29 is 29.3 Å². The number of fused-ring (bicyclic) bond motifs is 1. The highest BCUT2D eigenvalue weighted by Gasteiger charge is 2.47. The third-order valence-electron chi connectivity index (χ3n) is 6.90. The third-order valence-corrected chi connectivity index (χ3v) is 6.90. The van der Waals surface area contributed by atoms with Crippen LogP contribution in [0.15, 0.2) is 72.3 Å². The molecular formula is C30H27NO6. The summed E-state index contributed by atoms with van der Waals surface area (Å²) in [4.78, 5) is 39.2. The number of ketones is 1. The van der Waals surface area contributed by atoms with Crippen molar-refractivity contribution in [2.75, 3.05) is 11.5 Å². The Morgan fingerprint density at radius 1 is 0.973 bits per heavy atom. The van der Waals surface area contributed by atoms with Crippen molar-refractivity contribution >= 4 is 29.1 Å². The molecule has 0 bridgehead atoms. The molecule has 1 fully saturated rings. The van der Waals surface area contributed by atoms with Gasteiger partial charge in [-0.1, -0.05) is 43.3 Å². The maximum atomic E-state index is 13.4. The van der Waals surface area contributed by atoms with Gasteiger partial charge < -0.3 is 14.9 Å². The zero-order valence-electron chi connectivity index (χ0n) is 20.4. The van der Waals surface area contributed by atoms with Crippen LogP contribution in [0, 0.1) is 0 Å². The number of aliphatic hydroxyl groups excluding tert-OH is 1. The van der Waals surface area contributed by atoms with E-state index in [-0.39, 0.29) is 17.8 Å². The van der Waals surface area contributed by atoms with Gasteiger partial charge in [-0.2, -0.15) is 0 Å². The Balaban J connectivity index is 1.63. The van der Waals surface area contributed by atoms with E-state index in [1.165, 1.54) is 4.90 Å². The summed E-state index contributed by atoms with van der Waals surface area (Å²) in [6, 6.07) is 18.6. The van der Waals surface area contributed by atoms with Crippen molar-refractivity contribution in [3.05, 3.63) is 100 Å². The molecule has 2 aliphatic rings. The largest absolute Gasteiger partial charge is 0.507 e. The number of aryl methyl sites for hydroxylation is 2. The number of benzene rings is 3. The van der Waals surface area contributed by atoms with Crippen molar-refractivity contribution in [2.24, 2.45) is 0 Å². The van der Waals surface area contributed by atoms with Gasteiger partial charge >= 0.3 is 5.97 Å². The summed E-state index contributed by atoms with van der Waals surface area (Å²) >= 11 is 0. The Morgan fingerprint density at radius 3 is 2.35 bits per heavy atom. The van der Waals surface area contributed by atoms with Gasteiger partial charge in [0.05, 0.1) is 24.6 Å². The fraction of sp³-hybridized carbons (Fsp3) is 0.233. The molecule has 7 heteroatoms. The number of carboxylic acids is 1. The number of hydrogen-bond acceptors (Lipinski definition) is 5. The molecule has 7 nitrogen and oxygen atoms in total. The van der Waals surface area contributed by atoms with Gasteiger partial charge in [0.2, 0.25) is 0 Å². The number of ether oxygens (including phenoxy) is 1. The molecular weight excluding hydrogens is 470 g/mol. The first-order chi connectivity index (χ1) is 17.9. The molecule has 0 spiro atoms. The lowest BCUT2D eigenvalue weighted by atomic mass is 9.93. The van der Waals surface area contributed by atoms with E-state index < -0.39 is 23.7 Å². The van der Waals surface area contributed by atoms with Crippen molar-refractivity contribution in [1.29, 1.82) is 0 Å². The average molecular weight is 498 g/mol. The summed E-state index contributed by atoms with van der Waals surface area (Å²) in [5.74, 6) is -1.96. The molecule has 2 heterocycles. The summed E-state index contributed by atoms with van der Waals surface area (Å²) in [5, 5.41) is 20.5. The Kier molecular flexibility index (Phi) is 6.53. The van der Waals surface area contributed by atoms with E-state index in [0.29, 0.717) is 29.0 Å². The zero-order chi connectivity index (χ0) is 26.1. The second-order valence-electron chi connectivity index (χ2n) is 9.28. The van der Waals surface area contributed by atoms with E-state index in [1.54, 1.807) is 36.4 Å². The predicted molar refractivity (Wildman–Crippen MR) is 139 cm³/mol. The van der Waals surface area contributed by atoms with Crippen LogP contribution < -0.4 is 9.64 Å². The number of carbonyl (C=O) groups excluding carboxylic acids is 2. The number of aliphatic hydroxyl groups is 1. The summed E-state index contributed by atoms with van der Waals surface area (Å²) < 4.78 is 5.68. The van der Waals surface area contributed by atoms with Gasteiger partial charge in [-0.05, 0) is 71.8 Å². The second kappa shape index (κ2) is 9.93. The molecule has 0 aliphatic carbocycles. The van der Waals surface area contributed by atoms with Crippen molar-refractivity contribution in [3.8, 4) is 5.75 Å². The molecule has 0 aromatic heterocycles. The summed E-state index contributed by atoms with van der Waals surface area (Å²) in [7, 11) is 0. The second-order valence-corrected chi connectivity index (χ2v) is 9.28. The maximum absolute atomic E-state index is 13.4. The molecule has 1 saturated heterocycles. The number of amides is 1. The molecule has 1 amide bonds. The first kappa shape index (κ1) is 24.3. The minimum Gasteiger partial charge on any atom is -0.507 e. The molecule has 3 aromatic rings. The smallest absolute Gasteiger partial charge is 0.307 e. The number of rotatable bonds is 6. The normalized spacial score (nSPS) is 18.4. The Morgan fingerprint density at radius 2 is 1.68 bits per heavy atom. The average Bonchev–Trinajstić information content (AvgIpc) is 3.18. The third kappa shape index (κ3) is 4.60. The molecule has 0 radical (unpaired) electrons. The van der Waals surface area contributed by atoms with Crippen LogP contribution in [0.5, 0.6) is 5.75 Å². The van der Waals surface area contributed by atoms with E-state index in [2.05, 4.69) is 0 Å². The van der Waals surface area contributed by atoms with Gasteiger partial charge in [-0.15, -0.1) is 0 Å². The lowest BCUT2D eigenvalue weighted by Crippen LogP contribution is -2.29. The van der Waals surface area contributed by atoms with Gasteiger partial charge in [-0.25, -0.2) is 0 Å². The number of hydrogen-bond donors (Lipinski definition) is 2. The Hall–Kier alpha value is -4.39. The minimum absolute atomic E-state index is 0.0144. The van der Waals surface area contributed by atoms with E-state index in [0.717, 1.165) is 36.1 Å². The van der Waals surface area contributed by atoms with Crippen molar-refractivity contribution in [2.45, 2.75) is 38.6 Å². The van der Waals surface area contributed by atoms with E-state index >= 15 is 0 Å². The topological polar surface area (TPSA) is 104 Å². The first-order valence-electron chi connectivity index (χ1n) is 12.3. The highest BCUT2D eigenvalue weighted by molar-refractivity contribution is 6.51. The number of nitrogens with zero attached hydrogens (tertiary/aromatic N) is 1. The van der Waals surface area contributed by atoms with Gasteiger partial charge in [-0.3, -0.25) is 19.3 Å². The van der Waals surface area contributed by atoms with Crippen LogP contribution in [0.4, 0.5) is 5.69 Å².